The van der Waals surface area contributed by atoms with Crippen LogP contribution in [0.1, 0.15) is 21.9 Å². The third-order valence-corrected chi connectivity index (χ3v) is 3.13. The summed E-state index contributed by atoms with van der Waals surface area (Å²) in [4.78, 5) is 19.9. The smallest absolute Gasteiger partial charge is 0.274 e. The van der Waals surface area contributed by atoms with Crippen molar-refractivity contribution >= 4 is 17.5 Å². The first kappa shape index (κ1) is 14.0. The molecule has 0 aromatic carbocycles. The molecule has 0 aliphatic heterocycles. The molecule has 0 fully saturated rings. The van der Waals surface area contributed by atoms with Crippen molar-refractivity contribution in [1.82, 2.24) is 29.9 Å². The second kappa shape index (κ2) is 5.43. The Bertz CT molecular complexity index is 838. The first-order valence-electron chi connectivity index (χ1n) is 6.64. The van der Waals surface area contributed by atoms with Crippen molar-refractivity contribution in [2.75, 3.05) is 12.3 Å². The van der Waals surface area contributed by atoms with Gasteiger partial charge in [0.25, 0.3) is 5.91 Å². The van der Waals surface area contributed by atoms with Gasteiger partial charge in [-0.15, -0.1) is 5.10 Å². The number of rotatable bonds is 4. The summed E-state index contributed by atoms with van der Waals surface area (Å²) in [6, 6.07) is 3.45. The molecule has 3 aromatic rings. The van der Waals surface area contributed by atoms with E-state index in [2.05, 4.69) is 25.5 Å². The number of nitrogen functional groups attached to an aromatic ring is 1. The first-order valence-corrected chi connectivity index (χ1v) is 6.64. The van der Waals surface area contributed by atoms with Crippen molar-refractivity contribution in [1.29, 1.82) is 0 Å². The number of anilines is 1. The van der Waals surface area contributed by atoms with Gasteiger partial charge in [-0.1, -0.05) is 0 Å². The molecule has 0 saturated heterocycles. The normalized spacial score (nSPS) is 11.0. The Labute approximate surface area is 124 Å². The number of H-pyrrole nitrogens is 1. The van der Waals surface area contributed by atoms with Crippen molar-refractivity contribution < 1.29 is 9.18 Å². The lowest BCUT2D eigenvalue weighted by atomic mass is 10.3. The van der Waals surface area contributed by atoms with E-state index < -0.39 is 11.9 Å². The maximum atomic E-state index is 14.2. The minimum Gasteiger partial charge on any atom is -0.367 e. The van der Waals surface area contributed by atoms with Crippen LogP contribution < -0.4 is 11.1 Å². The van der Waals surface area contributed by atoms with Crippen molar-refractivity contribution in [2.24, 2.45) is 0 Å². The molecule has 22 heavy (non-hydrogen) atoms. The van der Waals surface area contributed by atoms with Crippen molar-refractivity contribution in [3.8, 4) is 0 Å². The predicted octanol–water partition coefficient (Wildman–Crippen LogP) is 0.455. The van der Waals surface area contributed by atoms with E-state index in [0.29, 0.717) is 17.9 Å². The number of aromatic amines is 1. The number of fused-ring (bicyclic) bond motifs is 1. The molecular formula is C13H14FN7O. The van der Waals surface area contributed by atoms with Gasteiger partial charge in [0.05, 0.1) is 0 Å². The van der Waals surface area contributed by atoms with Gasteiger partial charge < -0.3 is 11.1 Å². The molecular weight excluding hydrogens is 289 g/mol. The van der Waals surface area contributed by atoms with Crippen LogP contribution in [0.4, 0.5) is 10.3 Å². The summed E-state index contributed by atoms with van der Waals surface area (Å²) in [6.45, 7) is 2.13. The monoisotopic (exact) mass is 303 g/mol. The number of carbonyl (C=O) groups excluding carboxylic acids is 1. The van der Waals surface area contributed by atoms with Crippen molar-refractivity contribution in [3.05, 3.63) is 41.4 Å². The average molecular weight is 303 g/mol. The fourth-order valence-corrected chi connectivity index (χ4v) is 2.06. The largest absolute Gasteiger partial charge is 0.367 e. The fraction of sp³-hybridized carbons (Fsp3) is 0.231. The van der Waals surface area contributed by atoms with Crippen LogP contribution in [0.2, 0.25) is 0 Å². The highest BCUT2D eigenvalue weighted by Crippen LogP contribution is 2.12. The number of nitrogens with two attached hydrogens (primary N) is 1. The molecule has 0 aliphatic rings. The number of aryl methyl sites for hydroxylation is 1. The summed E-state index contributed by atoms with van der Waals surface area (Å²) in [5, 5.41) is 8.89. The molecule has 1 amide bonds. The number of carbonyl (C=O) groups is 1. The third-order valence-electron chi connectivity index (χ3n) is 3.13. The first-order chi connectivity index (χ1) is 10.5. The molecule has 114 valence electrons. The zero-order valence-electron chi connectivity index (χ0n) is 11.8. The predicted molar refractivity (Wildman–Crippen MR) is 76.7 cm³/mol. The van der Waals surface area contributed by atoms with Crippen LogP contribution in [0.5, 0.6) is 0 Å². The van der Waals surface area contributed by atoms with Crippen LogP contribution in [0, 0.1) is 12.9 Å². The Morgan fingerprint density at radius 1 is 1.50 bits per heavy atom. The van der Waals surface area contributed by atoms with Crippen LogP contribution in [-0.4, -0.2) is 37.0 Å². The summed E-state index contributed by atoms with van der Waals surface area (Å²) in [5.41, 5.74) is 6.47. The van der Waals surface area contributed by atoms with Gasteiger partial charge in [-0.3, -0.25) is 14.3 Å². The molecule has 0 radical (unpaired) electrons. The van der Waals surface area contributed by atoms with Gasteiger partial charge in [-0.2, -0.15) is 9.37 Å². The molecule has 8 nitrogen and oxygen atoms in total. The van der Waals surface area contributed by atoms with E-state index in [1.54, 1.807) is 18.3 Å². The second-order valence-corrected chi connectivity index (χ2v) is 4.83. The number of hydrogen-bond acceptors (Lipinski definition) is 5. The maximum Gasteiger partial charge on any atom is 0.274 e. The number of amides is 1. The highest BCUT2D eigenvalue weighted by atomic mass is 19.1. The molecule has 0 atom stereocenters. The van der Waals surface area contributed by atoms with E-state index in [-0.39, 0.29) is 18.2 Å². The van der Waals surface area contributed by atoms with E-state index in [1.165, 1.54) is 4.40 Å². The number of halogens is 1. The molecule has 3 heterocycles. The summed E-state index contributed by atoms with van der Waals surface area (Å²) in [7, 11) is 0. The maximum absolute atomic E-state index is 14.2. The van der Waals surface area contributed by atoms with E-state index in [0.717, 1.165) is 5.56 Å². The van der Waals surface area contributed by atoms with Gasteiger partial charge >= 0.3 is 0 Å². The zero-order valence-corrected chi connectivity index (χ0v) is 11.8. The van der Waals surface area contributed by atoms with Crippen LogP contribution >= 0.6 is 0 Å². The highest BCUT2D eigenvalue weighted by Gasteiger charge is 2.18. The van der Waals surface area contributed by atoms with Gasteiger partial charge in [0.2, 0.25) is 11.9 Å². The van der Waals surface area contributed by atoms with Gasteiger partial charge in [0.1, 0.15) is 11.5 Å². The zero-order chi connectivity index (χ0) is 15.7. The Balaban J connectivity index is 1.70. The van der Waals surface area contributed by atoms with Gasteiger partial charge in [0.15, 0.2) is 5.69 Å². The minimum atomic E-state index is -0.684. The van der Waals surface area contributed by atoms with Crippen LogP contribution in [0.3, 0.4) is 0 Å². The Hall–Kier alpha value is -2.97. The minimum absolute atomic E-state index is 0.142. The standard InChI is InChI=1S/C13H14FN7O/c1-7-3-5-21-9(6-7)18-10(11(21)14)12(22)16-4-2-8-17-13(15)20-19-8/h3,5-6H,2,4H2,1H3,(H,16,22)(H3,15,17,19,20). The molecule has 0 bridgehead atoms. The van der Waals surface area contributed by atoms with Gasteiger partial charge in [0, 0.05) is 19.2 Å². The van der Waals surface area contributed by atoms with E-state index in [4.69, 9.17) is 5.73 Å². The molecule has 0 aliphatic carbocycles. The Kier molecular flexibility index (Phi) is 3.45. The van der Waals surface area contributed by atoms with Crippen LogP contribution in [0.25, 0.3) is 5.65 Å². The number of nitrogens with one attached hydrogen (secondary N) is 2. The SMILES string of the molecule is Cc1ccn2c(F)c(C(=O)NCCc3nc(N)n[nH]3)nc2c1. The summed E-state index contributed by atoms with van der Waals surface area (Å²) >= 11 is 0. The molecule has 3 aromatic heterocycles. The van der Waals surface area contributed by atoms with Crippen molar-refractivity contribution in [2.45, 2.75) is 13.3 Å². The molecule has 9 heteroatoms. The lowest BCUT2D eigenvalue weighted by Gasteiger charge is -2.01. The topological polar surface area (TPSA) is 114 Å². The van der Waals surface area contributed by atoms with E-state index >= 15 is 0 Å². The van der Waals surface area contributed by atoms with E-state index in [1.807, 2.05) is 6.92 Å². The number of nitrogens with zero attached hydrogens (tertiary/aromatic N) is 4. The Morgan fingerprint density at radius 2 is 2.32 bits per heavy atom. The van der Waals surface area contributed by atoms with E-state index in [9.17, 15) is 9.18 Å². The lowest BCUT2D eigenvalue weighted by Crippen LogP contribution is -2.27. The third kappa shape index (κ3) is 2.60. The number of imidazole rings is 1. The van der Waals surface area contributed by atoms with Crippen LogP contribution in [-0.2, 0) is 6.42 Å². The molecule has 4 N–H and O–H groups in total. The molecule has 0 saturated carbocycles. The summed E-state index contributed by atoms with van der Waals surface area (Å²) < 4.78 is 15.4. The lowest BCUT2D eigenvalue weighted by molar-refractivity contribution is 0.0945. The molecule has 3 rings (SSSR count). The summed E-state index contributed by atoms with van der Waals surface area (Å²) in [6.07, 6.45) is 1.95. The number of pyridine rings is 1. The summed E-state index contributed by atoms with van der Waals surface area (Å²) in [5.74, 6) is -0.574. The van der Waals surface area contributed by atoms with Crippen molar-refractivity contribution in [3.63, 3.8) is 0 Å². The number of aromatic nitrogens is 5. The quantitative estimate of drug-likeness (QED) is 0.647. The highest BCUT2D eigenvalue weighted by molar-refractivity contribution is 5.93. The number of hydrogen-bond donors (Lipinski definition) is 3. The van der Waals surface area contributed by atoms with Gasteiger partial charge in [-0.05, 0) is 24.6 Å². The van der Waals surface area contributed by atoms with Gasteiger partial charge in [-0.25, -0.2) is 4.98 Å². The molecule has 0 spiro atoms. The second-order valence-electron chi connectivity index (χ2n) is 4.83. The fourth-order valence-electron chi connectivity index (χ4n) is 2.06. The van der Waals surface area contributed by atoms with Crippen LogP contribution in [0.15, 0.2) is 18.3 Å². The average Bonchev–Trinajstić information content (AvgIpc) is 3.03. The molecule has 0 unspecified atom stereocenters. The Morgan fingerprint density at radius 3 is 3.05 bits per heavy atom.